The van der Waals surface area contributed by atoms with Gasteiger partial charge in [0.05, 0.1) is 18.8 Å². The number of benzene rings is 1. The lowest BCUT2D eigenvalue weighted by Gasteiger charge is -2.19. The number of carbonyl (C=O) groups is 2. The van der Waals surface area contributed by atoms with E-state index in [1.165, 1.54) is 0 Å². The summed E-state index contributed by atoms with van der Waals surface area (Å²) in [5.41, 5.74) is 1.85. The van der Waals surface area contributed by atoms with Crippen LogP contribution in [0.5, 0.6) is 5.75 Å². The first kappa shape index (κ1) is 18.9. The number of hydrogen-bond donors (Lipinski definition) is 1. The topological polar surface area (TPSA) is 90.7 Å². The van der Waals surface area contributed by atoms with E-state index >= 15 is 0 Å². The Kier molecular flexibility index (Phi) is 5.78. The van der Waals surface area contributed by atoms with Crippen LogP contribution in [0.2, 0.25) is 0 Å². The van der Waals surface area contributed by atoms with Gasteiger partial charge in [-0.1, -0.05) is 24.2 Å². The van der Waals surface area contributed by atoms with Gasteiger partial charge in [-0.3, -0.25) is 4.79 Å². The van der Waals surface area contributed by atoms with Crippen molar-refractivity contribution in [3.8, 4) is 5.75 Å². The lowest BCUT2D eigenvalue weighted by Crippen LogP contribution is -2.33. The molecule has 1 heterocycles. The molecule has 7 nitrogen and oxygen atoms in total. The summed E-state index contributed by atoms with van der Waals surface area (Å²) in [6.45, 7) is 3.18. The minimum absolute atomic E-state index is 0.0920. The van der Waals surface area contributed by atoms with Crippen LogP contribution in [0.25, 0.3) is 0 Å². The Morgan fingerprint density at radius 3 is 2.59 bits per heavy atom. The maximum atomic E-state index is 12.3. The second kappa shape index (κ2) is 8.24. The summed E-state index contributed by atoms with van der Waals surface area (Å²) in [7, 11) is 1.62. The summed E-state index contributed by atoms with van der Waals surface area (Å²) in [5, 5.41) is 6.81. The predicted octanol–water partition coefficient (Wildman–Crippen LogP) is 2.98. The number of aryl methyl sites for hydroxylation is 2. The molecule has 1 fully saturated rings. The van der Waals surface area contributed by atoms with Crippen LogP contribution in [-0.4, -0.2) is 30.7 Å². The number of rotatable bonds is 8. The van der Waals surface area contributed by atoms with Gasteiger partial charge < -0.3 is 19.3 Å². The third-order valence-corrected chi connectivity index (χ3v) is 4.69. The van der Waals surface area contributed by atoms with Gasteiger partial charge in [-0.05, 0) is 49.8 Å². The highest BCUT2D eigenvalue weighted by Crippen LogP contribution is 2.41. The van der Waals surface area contributed by atoms with E-state index < -0.39 is 5.97 Å². The maximum absolute atomic E-state index is 12.3. The van der Waals surface area contributed by atoms with Gasteiger partial charge in [0.2, 0.25) is 0 Å². The molecule has 1 saturated carbocycles. The molecule has 1 unspecified atom stereocenters. The summed E-state index contributed by atoms with van der Waals surface area (Å²) in [6.07, 6.45) is 2.68. The first-order valence-corrected chi connectivity index (χ1v) is 9.09. The fraction of sp³-hybridized carbons (Fsp3) is 0.450. The van der Waals surface area contributed by atoms with Crippen LogP contribution in [0.4, 0.5) is 0 Å². The average molecular weight is 372 g/mol. The van der Waals surface area contributed by atoms with E-state index in [9.17, 15) is 9.59 Å². The van der Waals surface area contributed by atoms with E-state index in [4.69, 9.17) is 14.0 Å². The molecule has 1 amide bonds. The number of carbonyl (C=O) groups excluding carboxylic acids is 2. The highest BCUT2D eigenvalue weighted by atomic mass is 16.5. The molecule has 0 saturated heterocycles. The normalized spacial score (nSPS) is 14.5. The molecule has 1 aromatic heterocycles. The fourth-order valence-electron chi connectivity index (χ4n) is 3.05. The lowest BCUT2D eigenvalue weighted by atomic mass is 10.0. The molecule has 1 N–H and O–H groups in total. The van der Waals surface area contributed by atoms with E-state index in [1.807, 2.05) is 31.2 Å². The van der Waals surface area contributed by atoms with Crippen molar-refractivity contribution in [2.75, 3.05) is 13.7 Å². The van der Waals surface area contributed by atoms with Crippen molar-refractivity contribution in [1.29, 1.82) is 0 Å². The van der Waals surface area contributed by atoms with Crippen LogP contribution in [0, 0.1) is 12.8 Å². The van der Waals surface area contributed by atoms with Gasteiger partial charge in [0, 0.05) is 0 Å². The zero-order valence-corrected chi connectivity index (χ0v) is 15.8. The van der Waals surface area contributed by atoms with Crippen LogP contribution in [0.1, 0.15) is 53.2 Å². The van der Waals surface area contributed by atoms with E-state index in [0.717, 1.165) is 24.2 Å². The predicted molar refractivity (Wildman–Crippen MR) is 97.5 cm³/mol. The molecule has 2 aromatic rings. The maximum Gasteiger partial charge on any atom is 0.344 e. The highest BCUT2D eigenvalue weighted by molar-refractivity contribution is 5.93. The standard InChI is InChI=1S/C20H24N2O5/c1-4-16-18(12(2)27-22-16)20(24)26-11-17(23)21-19(13-5-6-13)14-7-9-15(25-3)10-8-14/h7-10,13,19H,4-6,11H2,1-3H3,(H,21,23). The van der Waals surface area contributed by atoms with Crippen molar-refractivity contribution >= 4 is 11.9 Å². The van der Waals surface area contributed by atoms with Crippen LogP contribution < -0.4 is 10.1 Å². The molecule has 1 aliphatic rings. The minimum atomic E-state index is -0.590. The number of aromatic nitrogens is 1. The van der Waals surface area contributed by atoms with Gasteiger partial charge in [-0.15, -0.1) is 0 Å². The summed E-state index contributed by atoms with van der Waals surface area (Å²) < 4.78 is 15.4. The van der Waals surface area contributed by atoms with Gasteiger partial charge in [0.1, 0.15) is 17.1 Å². The minimum Gasteiger partial charge on any atom is -0.497 e. The molecule has 1 aromatic carbocycles. The number of amides is 1. The first-order chi connectivity index (χ1) is 13.0. The van der Waals surface area contributed by atoms with Crippen LogP contribution in [0.15, 0.2) is 28.8 Å². The van der Waals surface area contributed by atoms with Gasteiger partial charge in [-0.2, -0.15) is 0 Å². The summed E-state index contributed by atoms with van der Waals surface area (Å²) in [6, 6.07) is 7.55. The third-order valence-electron chi connectivity index (χ3n) is 4.69. The molecule has 0 radical (unpaired) electrons. The molecule has 27 heavy (non-hydrogen) atoms. The smallest absolute Gasteiger partial charge is 0.344 e. The van der Waals surface area contributed by atoms with E-state index in [-0.39, 0.29) is 18.6 Å². The molecule has 3 rings (SSSR count). The number of hydrogen-bond acceptors (Lipinski definition) is 6. The molecule has 144 valence electrons. The number of nitrogens with zero attached hydrogens (tertiary/aromatic N) is 1. The van der Waals surface area contributed by atoms with Crippen LogP contribution >= 0.6 is 0 Å². The summed E-state index contributed by atoms with van der Waals surface area (Å²) >= 11 is 0. The molecular weight excluding hydrogens is 348 g/mol. The van der Waals surface area contributed by atoms with Crippen molar-refractivity contribution in [1.82, 2.24) is 10.5 Å². The molecular formula is C20H24N2O5. The fourth-order valence-corrected chi connectivity index (χ4v) is 3.05. The molecule has 0 spiro atoms. The Labute approximate surface area is 158 Å². The van der Waals surface area contributed by atoms with Crippen LogP contribution in [-0.2, 0) is 16.0 Å². The van der Waals surface area contributed by atoms with E-state index in [1.54, 1.807) is 14.0 Å². The largest absolute Gasteiger partial charge is 0.497 e. The Morgan fingerprint density at radius 1 is 1.30 bits per heavy atom. The van der Waals surface area contributed by atoms with Crippen LogP contribution in [0.3, 0.4) is 0 Å². The second-order valence-corrected chi connectivity index (χ2v) is 6.65. The first-order valence-electron chi connectivity index (χ1n) is 9.09. The van der Waals surface area contributed by atoms with Gasteiger partial charge in [-0.25, -0.2) is 4.79 Å². The number of ether oxygens (including phenoxy) is 2. The Bertz CT molecular complexity index is 808. The quantitative estimate of drug-likeness (QED) is 0.717. The summed E-state index contributed by atoms with van der Waals surface area (Å²) in [4.78, 5) is 24.6. The van der Waals surface area contributed by atoms with Crippen molar-refractivity contribution < 1.29 is 23.6 Å². The average Bonchev–Trinajstić information content (AvgIpc) is 3.46. The zero-order valence-electron chi connectivity index (χ0n) is 15.8. The molecule has 7 heteroatoms. The number of nitrogens with one attached hydrogen (secondary N) is 1. The van der Waals surface area contributed by atoms with Crippen molar-refractivity contribution in [3.63, 3.8) is 0 Å². The molecule has 1 aliphatic carbocycles. The van der Waals surface area contributed by atoms with Crippen molar-refractivity contribution in [2.24, 2.45) is 5.92 Å². The second-order valence-electron chi connectivity index (χ2n) is 6.65. The third kappa shape index (κ3) is 4.48. The van der Waals surface area contributed by atoms with Gasteiger partial charge in [0.15, 0.2) is 6.61 Å². The lowest BCUT2D eigenvalue weighted by molar-refractivity contribution is -0.125. The molecule has 1 atom stereocenters. The summed E-state index contributed by atoms with van der Waals surface area (Å²) in [5.74, 6) is 0.650. The Balaban J connectivity index is 1.59. The van der Waals surface area contributed by atoms with E-state index in [2.05, 4.69) is 10.5 Å². The van der Waals surface area contributed by atoms with Crippen molar-refractivity contribution in [3.05, 3.63) is 46.8 Å². The molecule has 0 aliphatic heterocycles. The monoisotopic (exact) mass is 372 g/mol. The highest BCUT2D eigenvalue weighted by Gasteiger charge is 2.33. The Morgan fingerprint density at radius 2 is 2.00 bits per heavy atom. The number of methoxy groups -OCH3 is 1. The van der Waals surface area contributed by atoms with Gasteiger partial charge in [0.25, 0.3) is 5.91 Å². The van der Waals surface area contributed by atoms with Crippen molar-refractivity contribution in [2.45, 2.75) is 39.2 Å². The molecule has 0 bridgehead atoms. The Hall–Kier alpha value is -2.83. The number of esters is 1. The zero-order chi connectivity index (χ0) is 19.4. The van der Waals surface area contributed by atoms with Gasteiger partial charge >= 0.3 is 5.97 Å². The SMILES string of the molecule is CCc1noc(C)c1C(=O)OCC(=O)NC(c1ccc(OC)cc1)C1CC1. The van der Waals surface area contributed by atoms with E-state index in [0.29, 0.717) is 29.4 Å².